The molecule has 0 aliphatic carbocycles. The molecule has 3 N–H and O–H groups in total. The van der Waals surface area contributed by atoms with Gasteiger partial charge in [-0.2, -0.15) is 0 Å². The molecule has 0 radical (unpaired) electrons. The Kier molecular flexibility index (Phi) is 30.1. The summed E-state index contributed by atoms with van der Waals surface area (Å²) in [4.78, 5) is 80.0. The molecule has 0 aliphatic rings. The summed E-state index contributed by atoms with van der Waals surface area (Å²) in [6.07, 6.45) is 7.40. The molecule has 6 rings (SSSR count). The van der Waals surface area contributed by atoms with Gasteiger partial charge in [-0.05, 0) is 242 Å². The number of pyridine rings is 2. The zero-order valence-electron chi connectivity index (χ0n) is 57.6. The number of likely N-dealkylation sites (N-methyl/N-ethyl adjacent to an activating group) is 2. The van der Waals surface area contributed by atoms with Crippen LogP contribution in [0.25, 0.3) is 22.3 Å². The average molecular weight is 1260 g/mol. The minimum absolute atomic E-state index is 0.0396. The number of carboxylic acids is 1. The van der Waals surface area contributed by atoms with Crippen molar-refractivity contribution in [1.29, 1.82) is 0 Å². The van der Waals surface area contributed by atoms with E-state index in [9.17, 15) is 38.3 Å². The number of Topliss-reactive ketones (excluding diaryl/α,β-unsaturated/α-hetero) is 1. The predicted molar refractivity (Wildman–Crippen MR) is 363 cm³/mol. The van der Waals surface area contributed by atoms with Crippen LogP contribution in [0.5, 0.6) is 0 Å². The Balaban J connectivity index is 0.000000323. The van der Waals surface area contributed by atoms with E-state index < -0.39 is 47.8 Å². The van der Waals surface area contributed by atoms with Gasteiger partial charge in [-0.3, -0.25) is 24.0 Å². The number of carbonyl (C=O) groups is 4. The number of benzene rings is 4. The highest BCUT2D eigenvalue weighted by atomic mass is 19.1. The van der Waals surface area contributed by atoms with Crippen LogP contribution in [0.15, 0.2) is 94.8 Å². The highest BCUT2D eigenvalue weighted by Crippen LogP contribution is 2.38. The Morgan fingerprint density at radius 3 is 1.35 bits per heavy atom. The molecule has 0 aliphatic heterocycles. The van der Waals surface area contributed by atoms with Crippen molar-refractivity contribution in [2.75, 3.05) is 54.5 Å². The number of aryl methyl sites for hydroxylation is 8. The number of hydrogen-bond donors (Lipinski definition) is 2. The van der Waals surface area contributed by atoms with Crippen LogP contribution in [-0.2, 0) is 54.3 Å². The molecule has 16 heteroatoms. The van der Waals surface area contributed by atoms with Crippen LogP contribution in [0.4, 0.5) is 8.78 Å². The fourth-order valence-corrected chi connectivity index (χ4v) is 11.6. The summed E-state index contributed by atoms with van der Waals surface area (Å²) in [7, 11) is 7.98. The van der Waals surface area contributed by atoms with Crippen molar-refractivity contribution in [1.82, 2.24) is 18.9 Å². The Morgan fingerprint density at radius 2 is 0.945 bits per heavy atom. The third-order valence-corrected chi connectivity index (χ3v) is 16.5. The van der Waals surface area contributed by atoms with Crippen molar-refractivity contribution in [3.05, 3.63) is 184 Å². The van der Waals surface area contributed by atoms with E-state index in [-0.39, 0.29) is 67.0 Å². The van der Waals surface area contributed by atoms with Crippen LogP contribution >= 0.6 is 0 Å². The van der Waals surface area contributed by atoms with Gasteiger partial charge < -0.3 is 39.2 Å². The Hall–Kier alpha value is -7.40. The maximum atomic E-state index is 16.0. The highest BCUT2D eigenvalue weighted by Gasteiger charge is 2.31. The minimum atomic E-state index is -0.951. The average Bonchev–Trinajstić information content (AvgIpc) is 0.931. The molecule has 0 spiro atoms. The van der Waals surface area contributed by atoms with Crippen LogP contribution in [-0.4, -0.2) is 102 Å². The summed E-state index contributed by atoms with van der Waals surface area (Å²) in [5.41, 5.74) is 19.6. The number of rotatable bonds is 28. The number of halogens is 2. The fourth-order valence-electron chi connectivity index (χ4n) is 11.6. The molecule has 2 aromatic heterocycles. The molecule has 4 atom stereocenters. The van der Waals surface area contributed by atoms with E-state index in [0.717, 1.165) is 100.0 Å². The monoisotopic (exact) mass is 1260 g/mol. The topological polar surface area (TPSA) is 183 Å². The van der Waals surface area contributed by atoms with Crippen LogP contribution in [0.2, 0.25) is 0 Å². The van der Waals surface area contributed by atoms with Gasteiger partial charge in [0.25, 0.3) is 11.1 Å². The van der Waals surface area contributed by atoms with Crippen molar-refractivity contribution in [3.63, 3.8) is 0 Å². The number of nitrogens with zero attached hydrogens (tertiary/aromatic N) is 4. The highest BCUT2D eigenvalue weighted by molar-refractivity contribution is 5.85. The normalized spacial score (nSPS) is 12.7. The minimum Gasteiger partial charge on any atom is -0.480 e. The number of carboxylic acid groups (broad SMARTS) is 1. The molecule has 14 nitrogen and oxygen atoms in total. The first-order valence-electron chi connectivity index (χ1n) is 32.2. The van der Waals surface area contributed by atoms with E-state index in [4.69, 9.17) is 15.2 Å². The van der Waals surface area contributed by atoms with Gasteiger partial charge in [0.05, 0.1) is 32.1 Å². The number of ketones is 1. The maximum absolute atomic E-state index is 16.0. The van der Waals surface area contributed by atoms with Crippen LogP contribution < -0.4 is 16.9 Å². The maximum Gasteiger partial charge on any atom is 0.326 e. The van der Waals surface area contributed by atoms with Crippen molar-refractivity contribution in [2.24, 2.45) is 17.6 Å². The molecule has 2 unspecified atom stereocenters. The lowest BCUT2D eigenvalue weighted by molar-refractivity contribution is -0.144. The first-order chi connectivity index (χ1) is 42.9. The molecule has 0 fully saturated rings. The largest absolute Gasteiger partial charge is 0.480 e. The number of esters is 2. The number of aliphatic carboxylic acids is 1. The number of nitrogens with two attached hydrogens (primary N) is 1. The molecular formula is C75H103F2N5O9. The molecule has 0 bridgehead atoms. The van der Waals surface area contributed by atoms with Crippen LogP contribution in [0.3, 0.4) is 0 Å². The molecule has 4 aromatic carbocycles. The summed E-state index contributed by atoms with van der Waals surface area (Å²) >= 11 is 0. The number of ether oxygens (including phenoxy) is 2. The Bertz CT molecular complexity index is 3570. The van der Waals surface area contributed by atoms with Crippen LogP contribution in [0.1, 0.15) is 178 Å². The third-order valence-electron chi connectivity index (χ3n) is 16.5. The number of aromatic nitrogens is 2. The lowest BCUT2D eigenvalue weighted by atomic mass is 9.83. The second-order valence-electron chi connectivity index (χ2n) is 25.5. The molecule has 0 amide bonds. The number of hydrogen-bond acceptors (Lipinski definition) is 11. The second kappa shape index (κ2) is 36.0. The summed E-state index contributed by atoms with van der Waals surface area (Å²) < 4.78 is 43.8. The lowest BCUT2D eigenvalue weighted by Gasteiger charge is -2.25. The predicted octanol–water partition coefficient (Wildman–Crippen LogP) is 14.1. The molecule has 0 saturated heterocycles. The summed E-state index contributed by atoms with van der Waals surface area (Å²) in [6, 6.07) is 20.4. The standard InChI is InChI=1S/C38H51FN2O4.C21H26FNO2.C16H26N2O3/c1-10-28-14-12-13-25(5)37(28)31-18-27(7)38(39)32(20-31)30(22-36(44)45-11-2)21-34(42)33(17-24(3)4)41-23-29(15-16-40(8)9)26(6)19-35(41)43;1-5-15-9-7-8-13(3)20(15)16-10-14(4)21(22)17(11-16)18(23)12-19(24)25-6-2;1-11(2)8-14(16(20)21)18-10-13(6-7-17(4)5)12(3)9-15(18)19/h12-14,18-20,23-24,30,33H,10-11,15-17,21-22H2,1-9H3;7-11,18H,5-6,12,23H2,1-4H3;9-11,14H,6-8H2,1-5H3,(H,20,21)/t30-,33?;18-;/m00./s1. The van der Waals surface area contributed by atoms with Crippen molar-refractivity contribution in [3.8, 4) is 22.3 Å². The summed E-state index contributed by atoms with van der Waals surface area (Å²) in [5.74, 6) is -3.25. The molecule has 6 aromatic rings. The number of carbonyl (C=O) groups excluding carboxylic acids is 3. The van der Waals surface area contributed by atoms with Crippen molar-refractivity contribution in [2.45, 2.75) is 179 Å². The van der Waals surface area contributed by atoms with Crippen molar-refractivity contribution >= 4 is 23.7 Å². The Morgan fingerprint density at radius 1 is 0.538 bits per heavy atom. The molecule has 0 saturated carbocycles. The van der Waals surface area contributed by atoms with E-state index in [1.54, 1.807) is 62.7 Å². The fraction of sp³-hybridized carbons (Fsp3) is 0.493. The quantitative estimate of drug-likeness (QED) is 0.0444. The zero-order valence-corrected chi connectivity index (χ0v) is 57.6. The van der Waals surface area contributed by atoms with E-state index in [2.05, 4.69) is 35.8 Å². The van der Waals surface area contributed by atoms with Gasteiger partial charge in [0.1, 0.15) is 17.7 Å². The van der Waals surface area contributed by atoms with Gasteiger partial charge in [0, 0.05) is 61.6 Å². The first kappa shape index (κ1) is 76.1. The van der Waals surface area contributed by atoms with E-state index in [1.807, 2.05) is 126 Å². The van der Waals surface area contributed by atoms with Gasteiger partial charge in [0.2, 0.25) is 0 Å². The van der Waals surface area contributed by atoms with Gasteiger partial charge in [0.15, 0.2) is 5.78 Å². The van der Waals surface area contributed by atoms with Gasteiger partial charge in [-0.15, -0.1) is 0 Å². The lowest BCUT2D eigenvalue weighted by Crippen LogP contribution is -2.32. The van der Waals surface area contributed by atoms with E-state index >= 15 is 4.39 Å². The van der Waals surface area contributed by atoms with Gasteiger partial charge in [-0.25, -0.2) is 13.6 Å². The Labute approximate surface area is 540 Å². The van der Waals surface area contributed by atoms with E-state index in [0.29, 0.717) is 35.1 Å². The van der Waals surface area contributed by atoms with E-state index in [1.165, 1.54) is 10.1 Å². The zero-order chi connectivity index (χ0) is 68.1. The molecular weight excluding hydrogens is 1150 g/mol. The summed E-state index contributed by atoms with van der Waals surface area (Å²) in [6.45, 7) is 29.1. The first-order valence-corrected chi connectivity index (χ1v) is 32.2. The van der Waals surface area contributed by atoms with Crippen LogP contribution in [0, 0.1) is 65.0 Å². The summed E-state index contributed by atoms with van der Waals surface area (Å²) in [5, 5.41) is 9.41. The molecule has 91 heavy (non-hydrogen) atoms. The third kappa shape index (κ3) is 21.9. The molecule has 2 heterocycles. The van der Waals surface area contributed by atoms with Crippen molar-refractivity contribution < 1.29 is 42.5 Å². The van der Waals surface area contributed by atoms with Gasteiger partial charge in [-0.1, -0.05) is 77.9 Å². The smallest absolute Gasteiger partial charge is 0.326 e. The SMILES string of the molecule is CCOC(=O)C[C@H](CC(=O)C(CC(C)C)n1cc(CCN(C)C)c(C)cc1=O)c1cc(-c2c(C)cccc2CC)cc(C)c1F.CCOC(=O)C[C@H](N)c1cc(-c2c(C)cccc2CC)cc(C)c1F.Cc1cc(=O)n(C(CC(C)C)C(=O)O)cc1CCN(C)C. The molecule has 496 valence electrons. The van der Waals surface area contributed by atoms with Gasteiger partial charge >= 0.3 is 17.9 Å². The second-order valence-corrected chi connectivity index (χ2v) is 25.5.